The zero-order chi connectivity index (χ0) is 9.35. The lowest BCUT2D eigenvalue weighted by Gasteiger charge is -2.34. The standard InChI is InChI=1S/C7H16N2O2S.ClH/c1-6-5-7(8)3-4-9(6)12(2,10)11;/h6-7H,3-5,8H2,1-2H3;1H. The molecule has 1 heterocycles. The second-order valence-electron chi connectivity index (χ2n) is 3.51. The lowest BCUT2D eigenvalue weighted by atomic mass is 10.0. The van der Waals surface area contributed by atoms with Crippen molar-refractivity contribution in [2.75, 3.05) is 12.8 Å². The van der Waals surface area contributed by atoms with E-state index in [1.54, 1.807) is 0 Å². The van der Waals surface area contributed by atoms with Gasteiger partial charge >= 0.3 is 0 Å². The van der Waals surface area contributed by atoms with Gasteiger partial charge in [0, 0.05) is 18.6 Å². The Morgan fingerprint density at radius 1 is 1.46 bits per heavy atom. The molecule has 0 radical (unpaired) electrons. The van der Waals surface area contributed by atoms with Gasteiger partial charge in [-0.05, 0) is 19.8 Å². The third-order valence-corrected chi connectivity index (χ3v) is 3.68. The average Bonchev–Trinajstić information content (AvgIpc) is 1.83. The summed E-state index contributed by atoms with van der Waals surface area (Å²) < 4.78 is 23.9. The summed E-state index contributed by atoms with van der Waals surface area (Å²) in [5, 5.41) is 0. The Hall–Kier alpha value is 0.160. The third kappa shape index (κ3) is 3.42. The lowest BCUT2D eigenvalue weighted by Crippen LogP contribution is -2.47. The average molecular weight is 229 g/mol. The molecule has 1 aliphatic heterocycles. The molecular formula is C7H17ClN2O2S. The molecule has 1 aliphatic rings. The Morgan fingerprint density at radius 3 is 2.38 bits per heavy atom. The van der Waals surface area contributed by atoms with E-state index in [0.717, 1.165) is 12.8 Å². The first-order valence-electron chi connectivity index (χ1n) is 4.13. The largest absolute Gasteiger partial charge is 0.328 e. The molecule has 2 atom stereocenters. The van der Waals surface area contributed by atoms with Gasteiger partial charge in [-0.1, -0.05) is 0 Å². The van der Waals surface area contributed by atoms with E-state index in [9.17, 15) is 8.42 Å². The summed E-state index contributed by atoms with van der Waals surface area (Å²) in [5.74, 6) is 0. The minimum absolute atomic E-state index is 0. The molecule has 0 bridgehead atoms. The van der Waals surface area contributed by atoms with Gasteiger partial charge in [-0.15, -0.1) is 12.4 Å². The summed E-state index contributed by atoms with van der Waals surface area (Å²) in [6.45, 7) is 2.47. The van der Waals surface area contributed by atoms with Crippen LogP contribution >= 0.6 is 12.4 Å². The van der Waals surface area contributed by atoms with Crippen LogP contribution < -0.4 is 5.73 Å². The normalized spacial score (nSPS) is 31.0. The monoisotopic (exact) mass is 228 g/mol. The highest BCUT2D eigenvalue weighted by atomic mass is 35.5. The highest BCUT2D eigenvalue weighted by Crippen LogP contribution is 2.18. The van der Waals surface area contributed by atoms with Crippen LogP contribution in [0.25, 0.3) is 0 Å². The fraction of sp³-hybridized carbons (Fsp3) is 1.00. The molecule has 80 valence electrons. The predicted molar refractivity (Wildman–Crippen MR) is 55.5 cm³/mol. The molecule has 0 spiro atoms. The molecule has 0 aromatic heterocycles. The number of sulfonamides is 1. The maximum atomic E-state index is 11.2. The van der Waals surface area contributed by atoms with Crippen molar-refractivity contribution in [1.82, 2.24) is 4.31 Å². The van der Waals surface area contributed by atoms with Gasteiger partial charge in [0.15, 0.2) is 0 Å². The fourth-order valence-corrected chi connectivity index (χ4v) is 2.86. The number of nitrogens with two attached hydrogens (primary N) is 1. The number of nitrogens with zero attached hydrogens (tertiary/aromatic N) is 1. The number of halogens is 1. The van der Waals surface area contributed by atoms with Crippen LogP contribution in [0.2, 0.25) is 0 Å². The highest BCUT2D eigenvalue weighted by Gasteiger charge is 2.28. The molecule has 0 saturated carbocycles. The Morgan fingerprint density at radius 2 is 2.00 bits per heavy atom. The zero-order valence-electron chi connectivity index (χ0n) is 7.93. The van der Waals surface area contributed by atoms with Gasteiger partial charge in [0.1, 0.15) is 0 Å². The van der Waals surface area contributed by atoms with Gasteiger partial charge in [0.05, 0.1) is 6.26 Å². The number of hydrogen-bond donors (Lipinski definition) is 1. The van der Waals surface area contributed by atoms with Crippen LogP contribution in [0, 0.1) is 0 Å². The topological polar surface area (TPSA) is 63.4 Å². The minimum Gasteiger partial charge on any atom is -0.328 e. The van der Waals surface area contributed by atoms with Crippen molar-refractivity contribution < 1.29 is 8.42 Å². The van der Waals surface area contributed by atoms with Crippen molar-refractivity contribution in [3.05, 3.63) is 0 Å². The van der Waals surface area contributed by atoms with Gasteiger partial charge < -0.3 is 5.73 Å². The highest BCUT2D eigenvalue weighted by molar-refractivity contribution is 7.88. The van der Waals surface area contributed by atoms with Gasteiger partial charge in [-0.25, -0.2) is 8.42 Å². The molecule has 6 heteroatoms. The molecule has 2 unspecified atom stereocenters. The summed E-state index contributed by atoms with van der Waals surface area (Å²) in [7, 11) is -3.02. The zero-order valence-corrected chi connectivity index (χ0v) is 9.57. The molecule has 1 saturated heterocycles. The van der Waals surface area contributed by atoms with Gasteiger partial charge in [-0.2, -0.15) is 4.31 Å². The van der Waals surface area contributed by atoms with E-state index >= 15 is 0 Å². The summed E-state index contributed by atoms with van der Waals surface area (Å²) in [6, 6.07) is 0.224. The van der Waals surface area contributed by atoms with Gasteiger partial charge in [-0.3, -0.25) is 0 Å². The molecule has 0 aromatic rings. The first-order chi connectivity index (χ1) is 5.41. The number of rotatable bonds is 1. The van der Waals surface area contributed by atoms with Crippen LogP contribution in [0.4, 0.5) is 0 Å². The third-order valence-electron chi connectivity index (χ3n) is 2.28. The Kier molecular flexibility index (Phi) is 4.65. The van der Waals surface area contributed by atoms with Crippen LogP contribution in [0.5, 0.6) is 0 Å². The van der Waals surface area contributed by atoms with E-state index in [4.69, 9.17) is 5.73 Å². The van der Waals surface area contributed by atoms with Crippen LogP contribution in [-0.2, 0) is 10.0 Å². The first-order valence-corrected chi connectivity index (χ1v) is 5.98. The van der Waals surface area contributed by atoms with Crippen molar-refractivity contribution >= 4 is 22.4 Å². The molecular weight excluding hydrogens is 212 g/mol. The van der Waals surface area contributed by atoms with E-state index in [2.05, 4.69) is 0 Å². The molecule has 0 aromatic carbocycles. The predicted octanol–water partition coefficient (Wildman–Crippen LogP) is 0.179. The summed E-state index contributed by atoms with van der Waals surface area (Å²) in [6.07, 6.45) is 2.80. The van der Waals surface area contributed by atoms with E-state index in [-0.39, 0.29) is 24.5 Å². The van der Waals surface area contributed by atoms with Crippen molar-refractivity contribution in [2.45, 2.75) is 31.8 Å². The SMILES string of the molecule is CC1CC(N)CCN1S(C)(=O)=O.Cl. The van der Waals surface area contributed by atoms with Crippen LogP contribution in [0.15, 0.2) is 0 Å². The second kappa shape index (κ2) is 4.59. The molecule has 13 heavy (non-hydrogen) atoms. The Bertz CT molecular complexity index is 255. The van der Waals surface area contributed by atoms with E-state index < -0.39 is 10.0 Å². The van der Waals surface area contributed by atoms with Crippen molar-refractivity contribution in [3.63, 3.8) is 0 Å². The van der Waals surface area contributed by atoms with Crippen molar-refractivity contribution in [2.24, 2.45) is 5.73 Å². The number of piperidine rings is 1. The van der Waals surface area contributed by atoms with Gasteiger partial charge in [0.2, 0.25) is 10.0 Å². The van der Waals surface area contributed by atoms with E-state index in [1.165, 1.54) is 10.6 Å². The quantitative estimate of drug-likeness (QED) is 0.697. The number of hydrogen-bond acceptors (Lipinski definition) is 3. The maximum absolute atomic E-state index is 11.2. The molecule has 2 N–H and O–H groups in total. The second-order valence-corrected chi connectivity index (χ2v) is 5.44. The minimum atomic E-state index is -3.02. The first kappa shape index (κ1) is 13.2. The van der Waals surface area contributed by atoms with E-state index in [0.29, 0.717) is 6.54 Å². The summed E-state index contributed by atoms with van der Waals surface area (Å²) >= 11 is 0. The summed E-state index contributed by atoms with van der Waals surface area (Å²) in [4.78, 5) is 0. The molecule has 0 aliphatic carbocycles. The van der Waals surface area contributed by atoms with Crippen LogP contribution in [0.3, 0.4) is 0 Å². The van der Waals surface area contributed by atoms with Crippen molar-refractivity contribution in [3.8, 4) is 0 Å². The van der Waals surface area contributed by atoms with Crippen molar-refractivity contribution in [1.29, 1.82) is 0 Å². The molecule has 0 amide bonds. The van der Waals surface area contributed by atoms with Gasteiger partial charge in [0.25, 0.3) is 0 Å². The van der Waals surface area contributed by atoms with Crippen LogP contribution in [-0.4, -0.2) is 37.6 Å². The fourth-order valence-electron chi connectivity index (χ4n) is 1.68. The molecule has 1 rings (SSSR count). The molecule has 1 fully saturated rings. The smallest absolute Gasteiger partial charge is 0.211 e. The molecule has 4 nitrogen and oxygen atoms in total. The van der Waals surface area contributed by atoms with E-state index in [1.807, 2.05) is 6.92 Å². The lowest BCUT2D eigenvalue weighted by molar-refractivity contribution is 0.249. The summed E-state index contributed by atoms with van der Waals surface area (Å²) in [5.41, 5.74) is 5.71. The Labute approximate surface area is 85.9 Å². The maximum Gasteiger partial charge on any atom is 0.211 e. The Balaban J connectivity index is 0.00000144. The van der Waals surface area contributed by atoms with Crippen LogP contribution in [0.1, 0.15) is 19.8 Å².